The maximum absolute atomic E-state index is 11.8. The van der Waals surface area contributed by atoms with Crippen LogP contribution in [0.15, 0.2) is 0 Å². The molecule has 4 heteroatoms. The standard InChI is InChI=1S/C12H21NO2.ClH/c1-12(2,3)15-11(14)10-7-8-5-4-6-9(8)13-10;/h8-10,13H,4-7H2,1-3H3;1H/t8-,9+,10-;/m1./s1. The van der Waals surface area contributed by atoms with Crippen LogP contribution in [0.25, 0.3) is 0 Å². The van der Waals surface area contributed by atoms with E-state index in [0.717, 1.165) is 6.42 Å². The normalized spacial score (nSPS) is 33.1. The predicted octanol–water partition coefficient (Wildman–Crippen LogP) is 2.28. The highest BCUT2D eigenvalue weighted by molar-refractivity contribution is 5.85. The smallest absolute Gasteiger partial charge is 0.323 e. The summed E-state index contributed by atoms with van der Waals surface area (Å²) in [7, 11) is 0. The van der Waals surface area contributed by atoms with E-state index in [0.29, 0.717) is 12.0 Å². The maximum atomic E-state index is 11.8. The second-order valence-electron chi connectivity index (χ2n) is 5.79. The lowest BCUT2D eigenvalue weighted by Gasteiger charge is -2.22. The van der Waals surface area contributed by atoms with Gasteiger partial charge in [0.25, 0.3) is 0 Å². The largest absolute Gasteiger partial charge is 0.459 e. The number of hydrogen-bond acceptors (Lipinski definition) is 3. The number of fused-ring (bicyclic) bond motifs is 1. The zero-order valence-corrected chi connectivity index (χ0v) is 11.1. The molecule has 2 rings (SSSR count). The molecular formula is C12H22ClNO2. The summed E-state index contributed by atoms with van der Waals surface area (Å²) in [5.74, 6) is 0.638. The Morgan fingerprint density at radius 2 is 2.00 bits per heavy atom. The van der Waals surface area contributed by atoms with Gasteiger partial charge in [-0.25, -0.2) is 0 Å². The van der Waals surface area contributed by atoms with Crippen molar-refractivity contribution in [2.24, 2.45) is 5.92 Å². The number of nitrogens with one attached hydrogen (secondary N) is 1. The summed E-state index contributed by atoms with van der Waals surface area (Å²) in [6, 6.07) is 0.516. The van der Waals surface area contributed by atoms with Crippen molar-refractivity contribution in [2.75, 3.05) is 0 Å². The van der Waals surface area contributed by atoms with E-state index in [1.165, 1.54) is 19.3 Å². The van der Waals surface area contributed by atoms with Crippen LogP contribution in [-0.2, 0) is 9.53 Å². The van der Waals surface area contributed by atoms with Crippen molar-refractivity contribution in [1.29, 1.82) is 0 Å². The van der Waals surface area contributed by atoms with Gasteiger partial charge in [-0.05, 0) is 46.0 Å². The van der Waals surface area contributed by atoms with E-state index in [1.54, 1.807) is 0 Å². The summed E-state index contributed by atoms with van der Waals surface area (Å²) in [5, 5.41) is 3.40. The predicted molar refractivity (Wildman–Crippen MR) is 65.8 cm³/mol. The van der Waals surface area contributed by atoms with Crippen molar-refractivity contribution in [2.45, 2.75) is 64.1 Å². The molecule has 3 nitrogen and oxygen atoms in total. The molecule has 0 bridgehead atoms. The molecule has 16 heavy (non-hydrogen) atoms. The second kappa shape index (κ2) is 4.92. The maximum Gasteiger partial charge on any atom is 0.323 e. The summed E-state index contributed by atoms with van der Waals surface area (Å²) in [6.07, 6.45) is 4.78. The van der Waals surface area contributed by atoms with Gasteiger partial charge in [0, 0.05) is 6.04 Å². The fourth-order valence-electron chi connectivity index (χ4n) is 2.70. The first-order valence-electron chi connectivity index (χ1n) is 5.94. The quantitative estimate of drug-likeness (QED) is 0.723. The molecule has 0 spiro atoms. The van der Waals surface area contributed by atoms with Gasteiger partial charge in [-0.15, -0.1) is 12.4 Å². The highest BCUT2D eigenvalue weighted by atomic mass is 35.5. The monoisotopic (exact) mass is 247 g/mol. The molecule has 0 aromatic carbocycles. The Kier molecular flexibility index (Phi) is 4.24. The number of halogens is 1. The van der Waals surface area contributed by atoms with Gasteiger partial charge in [0.2, 0.25) is 0 Å². The second-order valence-corrected chi connectivity index (χ2v) is 5.79. The molecule has 0 radical (unpaired) electrons. The Morgan fingerprint density at radius 3 is 2.56 bits per heavy atom. The number of rotatable bonds is 1. The SMILES string of the molecule is CC(C)(C)OC(=O)[C@H]1C[C@H]2CCC[C@@H]2N1.Cl. The average molecular weight is 248 g/mol. The Hall–Kier alpha value is -0.280. The summed E-state index contributed by atoms with van der Waals surface area (Å²) >= 11 is 0. The molecule has 0 unspecified atom stereocenters. The molecule has 94 valence electrons. The first-order chi connectivity index (χ1) is 6.96. The van der Waals surface area contributed by atoms with E-state index in [2.05, 4.69) is 5.32 Å². The lowest BCUT2D eigenvalue weighted by molar-refractivity contribution is -0.157. The van der Waals surface area contributed by atoms with Gasteiger partial charge in [0.05, 0.1) is 0 Å². The third kappa shape index (κ3) is 3.11. The first-order valence-corrected chi connectivity index (χ1v) is 5.94. The molecule has 1 N–H and O–H groups in total. The summed E-state index contributed by atoms with van der Waals surface area (Å²) in [4.78, 5) is 11.8. The van der Waals surface area contributed by atoms with E-state index in [1.807, 2.05) is 20.8 Å². The van der Waals surface area contributed by atoms with Crippen LogP contribution >= 0.6 is 12.4 Å². The molecule has 1 aliphatic carbocycles. The van der Waals surface area contributed by atoms with E-state index >= 15 is 0 Å². The highest BCUT2D eigenvalue weighted by Crippen LogP contribution is 2.35. The van der Waals surface area contributed by atoms with Crippen LogP contribution in [0.3, 0.4) is 0 Å². The van der Waals surface area contributed by atoms with E-state index < -0.39 is 0 Å². The van der Waals surface area contributed by atoms with Gasteiger partial charge in [0.15, 0.2) is 0 Å². The fraction of sp³-hybridized carbons (Fsp3) is 0.917. The Balaban J connectivity index is 0.00000128. The molecular weight excluding hydrogens is 226 g/mol. The minimum Gasteiger partial charge on any atom is -0.459 e. The van der Waals surface area contributed by atoms with Crippen LogP contribution in [0.4, 0.5) is 0 Å². The number of ether oxygens (including phenoxy) is 1. The van der Waals surface area contributed by atoms with E-state index in [4.69, 9.17) is 4.74 Å². The average Bonchev–Trinajstić information content (AvgIpc) is 2.56. The van der Waals surface area contributed by atoms with Crippen molar-refractivity contribution >= 4 is 18.4 Å². The minimum absolute atomic E-state index is 0. The van der Waals surface area contributed by atoms with Gasteiger partial charge in [-0.2, -0.15) is 0 Å². The third-order valence-electron chi connectivity index (χ3n) is 3.30. The zero-order chi connectivity index (χ0) is 11.1. The zero-order valence-electron chi connectivity index (χ0n) is 10.3. The molecule has 0 aromatic heterocycles. The lowest BCUT2D eigenvalue weighted by atomic mass is 10.0. The topological polar surface area (TPSA) is 38.3 Å². The van der Waals surface area contributed by atoms with Crippen molar-refractivity contribution in [1.82, 2.24) is 5.32 Å². The molecule has 2 aliphatic rings. The van der Waals surface area contributed by atoms with Gasteiger partial charge in [-0.3, -0.25) is 4.79 Å². The Bertz CT molecular complexity index is 250. The van der Waals surface area contributed by atoms with Crippen LogP contribution in [0.2, 0.25) is 0 Å². The summed E-state index contributed by atoms with van der Waals surface area (Å²) in [5.41, 5.74) is -0.365. The number of carbonyl (C=O) groups excluding carboxylic acids is 1. The fourth-order valence-corrected chi connectivity index (χ4v) is 2.70. The lowest BCUT2D eigenvalue weighted by Crippen LogP contribution is -2.39. The van der Waals surface area contributed by atoms with Crippen molar-refractivity contribution in [3.63, 3.8) is 0 Å². The molecule has 3 atom stereocenters. The van der Waals surface area contributed by atoms with Crippen LogP contribution in [0.5, 0.6) is 0 Å². The highest BCUT2D eigenvalue weighted by Gasteiger charge is 2.41. The third-order valence-corrected chi connectivity index (χ3v) is 3.30. The molecule has 1 saturated heterocycles. The number of carbonyl (C=O) groups is 1. The van der Waals surface area contributed by atoms with Crippen molar-refractivity contribution in [3.05, 3.63) is 0 Å². The first kappa shape index (κ1) is 13.8. The van der Waals surface area contributed by atoms with Gasteiger partial charge >= 0.3 is 5.97 Å². The Labute approximate surface area is 104 Å². The van der Waals surface area contributed by atoms with E-state index in [-0.39, 0.29) is 30.0 Å². The summed E-state index contributed by atoms with van der Waals surface area (Å²) in [6.45, 7) is 5.75. The number of esters is 1. The van der Waals surface area contributed by atoms with E-state index in [9.17, 15) is 4.79 Å². The van der Waals surface area contributed by atoms with Gasteiger partial charge in [0.1, 0.15) is 11.6 Å². The molecule has 2 fully saturated rings. The minimum atomic E-state index is -0.365. The molecule has 1 saturated carbocycles. The van der Waals surface area contributed by atoms with Crippen molar-refractivity contribution < 1.29 is 9.53 Å². The van der Waals surface area contributed by atoms with Gasteiger partial charge < -0.3 is 10.1 Å². The van der Waals surface area contributed by atoms with Crippen LogP contribution in [-0.4, -0.2) is 23.7 Å². The van der Waals surface area contributed by atoms with Crippen LogP contribution < -0.4 is 5.32 Å². The molecule has 1 heterocycles. The van der Waals surface area contributed by atoms with Crippen molar-refractivity contribution in [3.8, 4) is 0 Å². The molecule has 0 aromatic rings. The number of hydrogen-bond donors (Lipinski definition) is 1. The Morgan fingerprint density at radius 1 is 1.31 bits per heavy atom. The molecule has 1 aliphatic heterocycles. The van der Waals surface area contributed by atoms with Crippen LogP contribution in [0.1, 0.15) is 46.5 Å². The molecule has 0 amide bonds. The van der Waals surface area contributed by atoms with Gasteiger partial charge in [-0.1, -0.05) is 6.42 Å². The van der Waals surface area contributed by atoms with Crippen LogP contribution in [0, 0.1) is 5.92 Å². The summed E-state index contributed by atoms with van der Waals surface area (Å²) < 4.78 is 5.39.